The number of sulfonamides is 1. The van der Waals surface area contributed by atoms with Gasteiger partial charge in [0.25, 0.3) is 0 Å². The molecule has 0 aliphatic carbocycles. The van der Waals surface area contributed by atoms with Crippen molar-refractivity contribution in [1.29, 1.82) is 0 Å². The van der Waals surface area contributed by atoms with Crippen LogP contribution in [-0.4, -0.2) is 24.5 Å². The van der Waals surface area contributed by atoms with Gasteiger partial charge in [0.05, 0.1) is 4.90 Å². The van der Waals surface area contributed by atoms with Gasteiger partial charge < -0.3 is 4.57 Å². The van der Waals surface area contributed by atoms with Crippen LogP contribution in [0.15, 0.2) is 71.9 Å². The minimum absolute atomic E-state index is 0.199. The number of imidazole rings is 1. The Labute approximate surface area is 152 Å². The summed E-state index contributed by atoms with van der Waals surface area (Å²) in [6.07, 6.45) is 4.13. The van der Waals surface area contributed by atoms with Crippen molar-refractivity contribution in [1.82, 2.24) is 14.3 Å². The number of halogens is 1. The number of nitrogens with zero attached hydrogens (tertiary/aromatic N) is 2. The summed E-state index contributed by atoms with van der Waals surface area (Å²) in [4.78, 5) is 4.53. The van der Waals surface area contributed by atoms with Crippen LogP contribution in [0.25, 0.3) is 0 Å². The van der Waals surface area contributed by atoms with Crippen LogP contribution >= 0.6 is 11.6 Å². The first-order valence-electron chi connectivity index (χ1n) is 7.84. The number of hydrogen-bond donors (Lipinski definition) is 1. The van der Waals surface area contributed by atoms with E-state index in [2.05, 4.69) is 9.71 Å². The third-order valence-electron chi connectivity index (χ3n) is 3.76. The molecular formula is C18H18ClN3O2S. The lowest BCUT2D eigenvalue weighted by Crippen LogP contribution is -2.26. The first-order chi connectivity index (χ1) is 12.0. The van der Waals surface area contributed by atoms with Gasteiger partial charge in [-0.2, -0.15) is 0 Å². The molecule has 0 aliphatic heterocycles. The van der Waals surface area contributed by atoms with Crippen molar-refractivity contribution in [3.05, 3.63) is 83.4 Å². The highest BCUT2D eigenvalue weighted by molar-refractivity contribution is 7.89. The summed E-state index contributed by atoms with van der Waals surface area (Å²) in [5.74, 6) is 0.836. The topological polar surface area (TPSA) is 64.0 Å². The zero-order valence-electron chi connectivity index (χ0n) is 13.5. The molecule has 0 aliphatic rings. The Balaban J connectivity index is 1.61. The molecule has 0 radical (unpaired) electrons. The van der Waals surface area contributed by atoms with Crippen LogP contribution in [0.1, 0.15) is 11.4 Å². The second-order valence-corrected chi connectivity index (χ2v) is 7.76. The van der Waals surface area contributed by atoms with Gasteiger partial charge in [0, 0.05) is 36.9 Å². The molecule has 0 atom stereocenters. The Kier molecular flexibility index (Phi) is 5.53. The minimum Gasteiger partial charge on any atom is -0.330 e. The fourth-order valence-electron chi connectivity index (χ4n) is 2.49. The standard InChI is InChI=1S/C18H18ClN3O2S/c19-16-6-8-17(9-7-16)25(23,24)21-11-10-18-20-12-13-22(18)14-15-4-2-1-3-5-15/h1-9,12-13,21H,10-11,14H2. The van der Waals surface area contributed by atoms with E-state index < -0.39 is 10.0 Å². The molecule has 5 nitrogen and oxygen atoms in total. The van der Waals surface area contributed by atoms with E-state index in [1.807, 2.05) is 41.1 Å². The molecule has 0 spiro atoms. The Morgan fingerprint density at radius 3 is 2.48 bits per heavy atom. The quantitative estimate of drug-likeness (QED) is 0.690. The fraction of sp³-hybridized carbons (Fsp3) is 0.167. The molecular weight excluding hydrogens is 358 g/mol. The third-order valence-corrected chi connectivity index (χ3v) is 5.49. The number of nitrogens with one attached hydrogen (secondary N) is 1. The first-order valence-corrected chi connectivity index (χ1v) is 9.70. The average Bonchev–Trinajstić information content (AvgIpc) is 3.03. The highest BCUT2D eigenvalue weighted by Gasteiger charge is 2.13. The number of rotatable bonds is 7. The van der Waals surface area contributed by atoms with Crippen molar-refractivity contribution in [3.8, 4) is 0 Å². The molecule has 0 bridgehead atoms. The highest BCUT2D eigenvalue weighted by atomic mass is 35.5. The van der Waals surface area contributed by atoms with Crippen LogP contribution < -0.4 is 4.72 Å². The summed E-state index contributed by atoms with van der Waals surface area (Å²) in [5.41, 5.74) is 1.17. The first kappa shape index (κ1) is 17.7. The molecule has 0 saturated heterocycles. The number of aromatic nitrogens is 2. The van der Waals surface area contributed by atoms with Crippen molar-refractivity contribution in [2.45, 2.75) is 17.9 Å². The lowest BCUT2D eigenvalue weighted by atomic mass is 10.2. The summed E-state index contributed by atoms with van der Waals surface area (Å²) in [6, 6.07) is 16.1. The lowest BCUT2D eigenvalue weighted by molar-refractivity contribution is 0.579. The third kappa shape index (κ3) is 4.69. The minimum atomic E-state index is -3.55. The Bertz CT molecular complexity index is 922. The largest absolute Gasteiger partial charge is 0.330 e. The van der Waals surface area contributed by atoms with E-state index in [-0.39, 0.29) is 11.4 Å². The maximum Gasteiger partial charge on any atom is 0.240 e. The molecule has 0 unspecified atom stereocenters. The van der Waals surface area contributed by atoms with Gasteiger partial charge in [-0.15, -0.1) is 0 Å². The molecule has 2 aromatic carbocycles. The number of hydrogen-bond acceptors (Lipinski definition) is 3. The van der Waals surface area contributed by atoms with Crippen LogP contribution in [0.4, 0.5) is 0 Å². The molecule has 130 valence electrons. The Hall–Kier alpha value is -2.15. The van der Waals surface area contributed by atoms with E-state index in [1.165, 1.54) is 17.7 Å². The van der Waals surface area contributed by atoms with Crippen LogP contribution in [-0.2, 0) is 23.0 Å². The second-order valence-electron chi connectivity index (χ2n) is 5.56. The SMILES string of the molecule is O=S(=O)(NCCc1nccn1Cc1ccccc1)c1ccc(Cl)cc1. The Morgan fingerprint density at radius 1 is 1.04 bits per heavy atom. The molecule has 1 N–H and O–H groups in total. The molecule has 3 rings (SSSR count). The summed E-state index contributed by atoms with van der Waals surface area (Å²) >= 11 is 5.79. The van der Waals surface area contributed by atoms with Crippen molar-refractivity contribution < 1.29 is 8.42 Å². The maximum absolute atomic E-state index is 12.3. The van der Waals surface area contributed by atoms with Crippen LogP contribution in [0.5, 0.6) is 0 Å². The number of benzene rings is 2. The highest BCUT2D eigenvalue weighted by Crippen LogP contribution is 2.14. The lowest BCUT2D eigenvalue weighted by Gasteiger charge is -2.09. The maximum atomic E-state index is 12.3. The van der Waals surface area contributed by atoms with Crippen molar-refractivity contribution in [3.63, 3.8) is 0 Å². The fourth-order valence-corrected chi connectivity index (χ4v) is 3.64. The summed E-state index contributed by atoms with van der Waals surface area (Å²) < 4.78 is 29.2. The molecule has 7 heteroatoms. The predicted molar refractivity (Wildman–Crippen MR) is 98.1 cm³/mol. The molecule has 0 amide bonds. The summed E-state index contributed by atoms with van der Waals surface area (Å²) in [7, 11) is -3.55. The molecule has 1 aromatic heterocycles. The van der Waals surface area contributed by atoms with Crippen molar-refractivity contribution >= 4 is 21.6 Å². The smallest absolute Gasteiger partial charge is 0.240 e. The van der Waals surface area contributed by atoms with E-state index in [4.69, 9.17) is 11.6 Å². The van der Waals surface area contributed by atoms with E-state index in [0.29, 0.717) is 18.0 Å². The van der Waals surface area contributed by atoms with E-state index in [1.54, 1.807) is 18.3 Å². The van der Waals surface area contributed by atoms with Gasteiger partial charge in [-0.1, -0.05) is 41.9 Å². The van der Waals surface area contributed by atoms with Crippen LogP contribution in [0, 0.1) is 0 Å². The van der Waals surface area contributed by atoms with Gasteiger partial charge >= 0.3 is 0 Å². The van der Waals surface area contributed by atoms with Gasteiger partial charge in [0.1, 0.15) is 5.82 Å². The van der Waals surface area contributed by atoms with Crippen LogP contribution in [0.2, 0.25) is 5.02 Å². The van der Waals surface area contributed by atoms with E-state index >= 15 is 0 Å². The van der Waals surface area contributed by atoms with Crippen LogP contribution in [0.3, 0.4) is 0 Å². The molecule has 0 fully saturated rings. The summed E-state index contributed by atoms with van der Waals surface area (Å²) in [6.45, 7) is 0.983. The van der Waals surface area contributed by atoms with Gasteiger partial charge in [0.2, 0.25) is 10.0 Å². The second kappa shape index (κ2) is 7.82. The zero-order valence-corrected chi connectivity index (χ0v) is 15.0. The molecule has 1 heterocycles. The van der Waals surface area contributed by atoms with E-state index in [9.17, 15) is 8.42 Å². The monoisotopic (exact) mass is 375 g/mol. The van der Waals surface area contributed by atoms with Gasteiger partial charge in [0.15, 0.2) is 0 Å². The van der Waals surface area contributed by atoms with E-state index in [0.717, 1.165) is 5.82 Å². The molecule has 3 aromatic rings. The molecule has 0 saturated carbocycles. The summed E-state index contributed by atoms with van der Waals surface area (Å²) in [5, 5.41) is 0.502. The van der Waals surface area contributed by atoms with Crippen molar-refractivity contribution in [2.24, 2.45) is 0 Å². The van der Waals surface area contributed by atoms with Gasteiger partial charge in [-0.25, -0.2) is 18.1 Å². The van der Waals surface area contributed by atoms with Gasteiger partial charge in [-0.05, 0) is 29.8 Å². The van der Waals surface area contributed by atoms with Gasteiger partial charge in [-0.3, -0.25) is 0 Å². The molecule has 25 heavy (non-hydrogen) atoms. The zero-order chi connectivity index (χ0) is 17.7. The average molecular weight is 376 g/mol. The normalized spacial score (nSPS) is 11.6. The van der Waals surface area contributed by atoms with Crippen molar-refractivity contribution in [2.75, 3.05) is 6.54 Å². The Morgan fingerprint density at radius 2 is 1.76 bits per heavy atom. The predicted octanol–water partition coefficient (Wildman–Crippen LogP) is 3.11.